The summed E-state index contributed by atoms with van der Waals surface area (Å²) in [6.45, 7) is 6.55. The van der Waals surface area contributed by atoms with Gasteiger partial charge >= 0.3 is 0 Å². The average molecular weight is 349 g/mol. The second kappa shape index (κ2) is 9.08. The maximum absolute atomic E-state index is 11.9. The zero-order valence-electron chi connectivity index (χ0n) is 12.8. The van der Waals surface area contributed by atoms with E-state index in [1.165, 1.54) is 0 Å². The number of fused-ring (bicyclic) bond motifs is 1. The number of benzene rings is 1. The molecule has 0 radical (unpaired) electrons. The van der Waals surface area contributed by atoms with E-state index >= 15 is 0 Å². The van der Waals surface area contributed by atoms with Gasteiger partial charge in [-0.15, -0.1) is 12.4 Å². The number of halogens is 2. The Morgan fingerprint density at radius 1 is 1.36 bits per heavy atom. The highest BCUT2D eigenvalue weighted by atomic mass is 35.5. The minimum atomic E-state index is -0.0347. The van der Waals surface area contributed by atoms with E-state index in [0.29, 0.717) is 36.3 Å². The van der Waals surface area contributed by atoms with Crippen LogP contribution in [-0.4, -0.2) is 38.3 Å². The smallest absolute Gasteiger partial charge is 0.224 e. The van der Waals surface area contributed by atoms with Gasteiger partial charge in [0, 0.05) is 12.6 Å². The number of hydrogen-bond acceptors (Lipinski definition) is 4. The molecule has 0 aromatic heterocycles. The first kappa shape index (κ1) is 18.9. The van der Waals surface area contributed by atoms with Gasteiger partial charge in [0.05, 0.1) is 11.4 Å². The van der Waals surface area contributed by atoms with Crippen LogP contribution >= 0.6 is 24.0 Å². The largest absolute Gasteiger partial charge is 0.486 e. The van der Waals surface area contributed by atoms with E-state index in [1.807, 2.05) is 19.9 Å². The first-order valence-electron chi connectivity index (χ1n) is 7.18. The van der Waals surface area contributed by atoms with E-state index in [-0.39, 0.29) is 30.8 Å². The third-order valence-corrected chi connectivity index (χ3v) is 3.46. The highest BCUT2D eigenvalue weighted by Gasteiger charge is 2.17. The number of ether oxygens (including phenoxy) is 2. The van der Waals surface area contributed by atoms with Crippen molar-refractivity contribution < 1.29 is 14.3 Å². The quantitative estimate of drug-likeness (QED) is 0.827. The van der Waals surface area contributed by atoms with Crippen molar-refractivity contribution in [3.63, 3.8) is 0 Å². The number of hydrogen-bond donors (Lipinski definition) is 2. The Kier molecular flexibility index (Phi) is 7.79. The summed E-state index contributed by atoms with van der Waals surface area (Å²) in [5.74, 6) is 1.14. The lowest BCUT2D eigenvalue weighted by Crippen LogP contribution is -2.39. The van der Waals surface area contributed by atoms with Crippen LogP contribution in [0.5, 0.6) is 11.5 Å². The zero-order valence-corrected chi connectivity index (χ0v) is 14.4. The zero-order chi connectivity index (χ0) is 15.2. The molecule has 1 aromatic rings. The van der Waals surface area contributed by atoms with Crippen LogP contribution < -0.4 is 20.1 Å². The Morgan fingerprint density at radius 2 is 2.09 bits per heavy atom. The van der Waals surface area contributed by atoms with Gasteiger partial charge < -0.3 is 20.1 Å². The summed E-state index contributed by atoms with van der Waals surface area (Å²) in [4.78, 5) is 11.9. The van der Waals surface area contributed by atoms with Crippen molar-refractivity contribution in [2.75, 3.05) is 26.3 Å². The highest BCUT2D eigenvalue weighted by Crippen LogP contribution is 2.38. The Morgan fingerprint density at radius 3 is 2.82 bits per heavy atom. The van der Waals surface area contributed by atoms with E-state index in [2.05, 4.69) is 10.6 Å². The topological polar surface area (TPSA) is 59.6 Å². The molecule has 0 saturated heterocycles. The maximum atomic E-state index is 11.9. The van der Waals surface area contributed by atoms with Gasteiger partial charge in [0.2, 0.25) is 5.91 Å². The van der Waals surface area contributed by atoms with Crippen LogP contribution in [0.1, 0.15) is 19.4 Å². The van der Waals surface area contributed by atoms with Crippen molar-refractivity contribution in [3.05, 3.63) is 22.7 Å². The summed E-state index contributed by atoms with van der Waals surface area (Å²) in [6.07, 6.45) is 0.273. The molecule has 0 unspecified atom stereocenters. The first-order valence-corrected chi connectivity index (χ1v) is 7.56. The second-order valence-corrected chi connectivity index (χ2v) is 5.45. The van der Waals surface area contributed by atoms with Gasteiger partial charge in [-0.1, -0.05) is 18.5 Å². The molecule has 0 spiro atoms. The van der Waals surface area contributed by atoms with Gasteiger partial charge in [0.25, 0.3) is 0 Å². The molecule has 1 aliphatic heterocycles. The summed E-state index contributed by atoms with van der Waals surface area (Å²) in [5.41, 5.74) is 0.817. The number of likely N-dealkylation sites (N-methyl/N-ethyl adjacent to an activating group) is 1. The van der Waals surface area contributed by atoms with Crippen LogP contribution in [0.25, 0.3) is 0 Å². The predicted octanol–water partition coefficient (Wildman–Crippen LogP) is 2.19. The van der Waals surface area contributed by atoms with Gasteiger partial charge in [0.1, 0.15) is 13.2 Å². The Bertz CT molecular complexity index is 512. The average Bonchev–Trinajstić information content (AvgIpc) is 2.45. The van der Waals surface area contributed by atoms with Crippen molar-refractivity contribution in [1.82, 2.24) is 10.6 Å². The predicted molar refractivity (Wildman–Crippen MR) is 89.5 cm³/mol. The number of nitrogens with one attached hydrogen (secondary N) is 2. The fraction of sp³-hybridized carbons (Fsp3) is 0.533. The van der Waals surface area contributed by atoms with E-state index < -0.39 is 0 Å². The van der Waals surface area contributed by atoms with Gasteiger partial charge in [0.15, 0.2) is 11.5 Å². The number of carbonyl (C=O) groups excluding carboxylic acids is 1. The molecule has 5 nitrogen and oxygen atoms in total. The van der Waals surface area contributed by atoms with Crippen LogP contribution in [0.4, 0.5) is 0 Å². The molecular weight excluding hydrogens is 327 g/mol. The molecule has 2 rings (SSSR count). The molecule has 0 bridgehead atoms. The minimum absolute atomic E-state index is 0. The summed E-state index contributed by atoms with van der Waals surface area (Å²) >= 11 is 6.15. The van der Waals surface area contributed by atoms with Crippen molar-refractivity contribution in [2.24, 2.45) is 0 Å². The van der Waals surface area contributed by atoms with Crippen LogP contribution in [-0.2, 0) is 11.2 Å². The van der Waals surface area contributed by atoms with Crippen LogP contribution in [0.15, 0.2) is 12.1 Å². The molecule has 0 fully saturated rings. The molecule has 0 saturated carbocycles. The molecule has 1 aromatic carbocycles. The van der Waals surface area contributed by atoms with Gasteiger partial charge in [-0.25, -0.2) is 0 Å². The molecule has 1 amide bonds. The molecule has 7 heteroatoms. The number of carbonyl (C=O) groups is 1. The van der Waals surface area contributed by atoms with Crippen molar-refractivity contribution in [3.8, 4) is 11.5 Å². The fourth-order valence-corrected chi connectivity index (χ4v) is 2.49. The Hall–Kier alpha value is -1.17. The van der Waals surface area contributed by atoms with E-state index in [1.54, 1.807) is 6.07 Å². The van der Waals surface area contributed by atoms with E-state index in [9.17, 15) is 4.79 Å². The van der Waals surface area contributed by atoms with Crippen molar-refractivity contribution in [2.45, 2.75) is 26.3 Å². The minimum Gasteiger partial charge on any atom is -0.486 e. The molecule has 22 heavy (non-hydrogen) atoms. The molecule has 2 N–H and O–H groups in total. The summed E-state index contributed by atoms with van der Waals surface area (Å²) in [5, 5.41) is 6.62. The molecule has 1 atom stereocenters. The maximum Gasteiger partial charge on any atom is 0.224 e. The molecule has 1 aliphatic rings. The van der Waals surface area contributed by atoms with Crippen molar-refractivity contribution >= 4 is 29.9 Å². The molecular formula is C15H22Cl2N2O3. The fourth-order valence-electron chi connectivity index (χ4n) is 2.20. The van der Waals surface area contributed by atoms with Gasteiger partial charge in [-0.05, 0) is 31.2 Å². The first-order chi connectivity index (χ1) is 10.1. The summed E-state index contributed by atoms with van der Waals surface area (Å²) in [7, 11) is 0. The normalized spacial score (nSPS) is 14.0. The third kappa shape index (κ3) is 5.23. The Labute approximate surface area is 142 Å². The number of rotatable bonds is 6. The lowest BCUT2D eigenvalue weighted by atomic mass is 10.1. The number of amides is 1. The summed E-state index contributed by atoms with van der Waals surface area (Å²) in [6, 6.07) is 3.82. The summed E-state index contributed by atoms with van der Waals surface area (Å²) < 4.78 is 11.0. The Balaban J connectivity index is 0.00000242. The monoisotopic (exact) mass is 348 g/mol. The van der Waals surface area contributed by atoms with Crippen LogP contribution in [0, 0.1) is 0 Å². The van der Waals surface area contributed by atoms with Crippen LogP contribution in [0.3, 0.4) is 0 Å². The standard InChI is InChI=1S/C15H21ClN2O3.ClH/c1-3-17-10(2)9-18-14(19)8-11-6-12(16)15-13(7-11)20-4-5-21-15;/h6-7,10,17H,3-5,8-9H2,1-2H3,(H,18,19);1H/t10-;/m1./s1. The molecule has 1 heterocycles. The lowest BCUT2D eigenvalue weighted by Gasteiger charge is -2.20. The van der Waals surface area contributed by atoms with E-state index in [0.717, 1.165) is 12.1 Å². The lowest BCUT2D eigenvalue weighted by molar-refractivity contribution is -0.120. The molecule has 124 valence electrons. The van der Waals surface area contributed by atoms with Gasteiger partial charge in [-0.3, -0.25) is 4.79 Å². The van der Waals surface area contributed by atoms with Gasteiger partial charge in [-0.2, -0.15) is 0 Å². The van der Waals surface area contributed by atoms with Crippen molar-refractivity contribution in [1.29, 1.82) is 0 Å². The highest BCUT2D eigenvalue weighted by molar-refractivity contribution is 6.32. The third-order valence-electron chi connectivity index (χ3n) is 3.18. The SMILES string of the molecule is CCN[C@H](C)CNC(=O)Cc1cc(Cl)c2c(c1)OCCO2.Cl. The second-order valence-electron chi connectivity index (χ2n) is 5.04. The molecule has 0 aliphatic carbocycles. The van der Waals surface area contributed by atoms with E-state index in [4.69, 9.17) is 21.1 Å². The van der Waals surface area contributed by atoms with Crippen LogP contribution in [0.2, 0.25) is 5.02 Å².